The van der Waals surface area contributed by atoms with Crippen molar-refractivity contribution in [1.82, 2.24) is 10.3 Å². The molecule has 1 amide bonds. The van der Waals surface area contributed by atoms with Crippen LogP contribution in [0.3, 0.4) is 0 Å². The Kier molecular flexibility index (Phi) is 7.21. The van der Waals surface area contributed by atoms with E-state index in [1.54, 1.807) is 24.3 Å². The van der Waals surface area contributed by atoms with Crippen LogP contribution in [0.2, 0.25) is 0 Å². The molecule has 0 saturated carbocycles. The highest BCUT2D eigenvalue weighted by atomic mass is 32.1. The van der Waals surface area contributed by atoms with Crippen molar-refractivity contribution in [2.75, 3.05) is 0 Å². The summed E-state index contributed by atoms with van der Waals surface area (Å²) < 4.78 is 45.8. The number of carboxylic acids is 1. The van der Waals surface area contributed by atoms with E-state index in [2.05, 4.69) is 10.3 Å². The van der Waals surface area contributed by atoms with Gasteiger partial charge in [-0.15, -0.1) is 11.3 Å². The predicted octanol–water partition coefficient (Wildman–Crippen LogP) is 6.47. The Morgan fingerprint density at radius 3 is 2.38 bits per heavy atom. The Hall–Kier alpha value is -4.44. The largest absolute Gasteiger partial charge is 0.485 e. The molecule has 4 aromatic carbocycles. The molecule has 0 spiro atoms. The van der Waals surface area contributed by atoms with Crippen molar-refractivity contribution < 1.29 is 32.6 Å². The number of carbonyl (C=O) groups is 2. The lowest BCUT2D eigenvalue weighted by atomic mass is 10.0. The summed E-state index contributed by atoms with van der Waals surface area (Å²) in [6.07, 6.45) is -4.70. The van der Waals surface area contributed by atoms with Gasteiger partial charge in [-0.05, 0) is 41.3 Å². The zero-order valence-corrected chi connectivity index (χ0v) is 21.1. The number of amides is 1. The van der Waals surface area contributed by atoms with E-state index in [1.165, 1.54) is 23.5 Å². The van der Waals surface area contributed by atoms with Gasteiger partial charge in [0.25, 0.3) is 5.91 Å². The predicted molar refractivity (Wildman–Crippen MR) is 142 cm³/mol. The summed E-state index contributed by atoms with van der Waals surface area (Å²) in [5.74, 6) is -1.72. The highest BCUT2D eigenvalue weighted by molar-refractivity contribution is 7.18. The standard InChI is InChI=1S/C29H21F3N2O4S/c30-29(31,32)19-12-9-17(10-13-19)15-23(28(36)37)34-27(35)21-14-11-18-5-1-2-6-20(18)26(21)38-16-25-33-22-7-3-4-8-24(22)39-25/h1-14,23H,15-16H2,(H,34,35)(H,36,37). The second-order valence-corrected chi connectivity index (χ2v) is 9.91. The summed E-state index contributed by atoms with van der Waals surface area (Å²) in [4.78, 5) is 29.9. The highest BCUT2D eigenvalue weighted by Crippen LogP contribution is 2.32. The van der Waals surface area contributed by atoms with Gasteiger partial charge < -0.3 is 15.2 Å². The van der Waals surface area contributed by atoms with Crippen LogP contribution in [0.1, 0.15) is 26.5 Å². The van der Waals surface area contributed by atoms with Crippen molar-refractivity contribution in [2.24, 2.45) is 0 Å². The normalized spacial score (nSPS) is 12.4. The Bertz CT molecular complexity index is 1630. The number of para-hydroxylation sites is 1. The molecule has 0 saturated heterocycles. The lowest BCUT2D eigenvalue weighted by Gasteiger charge is -2.18. The summed E-state index contributed by atoms with van der Waals surface area (Å²) in [6.45, 7) is 0.0988. The van der Waals surface area contributed by atoms with Crippen molar-refractivity contribution in [1.29, 1.82) is 0 Å². The number of carbonyl (C=O) groups excluding carboxylic acids is 1. The first-order chi connectivity index (χ1) is 18.7. The molecular weight excluding hydrogens is 529 g/mol. The topological polar surface area (TPSA) is 88.5 Å². The van der Waals surface area contributed by atoms with E-state index in [-0.39, 0.29) is 24.3 Å². The first kappa shape index (κ1) is 26.2. The molecule has 1 aromatic heterocycles. The van der Waals surface area contributed by atoms with Crippen LogP contribution in [-0.2, 0) is 24.0 Å². The fourth-order valence-electron chi connectivity index (χ4n) is 4.19. The van der Waals surface area contributed by atoms with Crippen LogP contribution in [0.4, 0.5) is 13.2 Å². The first-order valence-corrected chi connectivity index (χ1v) is 12.7. The van der Waals surface area contributed by atoms with Gasteiger partial charge in [-0.25, -0.2) is 9.78 Å². The van der Waals surface area contributed by atoms with Crippen LogP contribution in [-0.4, -0.2) is 28.0 Å². The highest BCUT2D eigenvalue weighted by Gasteiger charge is 2.30. The van der Waals surface area contributed by atoms with E-state index >= 15 is 0 Å². The van der Waals surface area contributed by atoms with E-state index < -0.39 is 29.7 Å². The summed E-state index contributed by atoms with van der Waals surface area (Å²) >= 11 is 1.47. The number of ether oxygens (including phenoxy) is 1. The van der Waals surface area contributed by atoms with E-state index in [9.17, 15) is 27.9 Å². The number of carboxylic acid groups (broad SMARTS) is 1. The monoisotopic (exact) mass is 550 g/mol. The molecule has 10 heteroatoms. The smallest absolute Gasteiger partial charge is 0.416 e. The molecule has 2 N–H and O–H groups in total. The molecular formula is C29H21F3N2O4S. The van der Waals surface area contributed by atoms with Gasteiger partial charge in [0.05, 0.1) is 21.3 Å². The molecule has 1 unspecified atom stereocenters. The molecule has 0 fully saturated rings. The first-order valence-electron chi connectivity index (χ1n) is 11.9. The average molecular weight is 551 g/mol. The SMILES string of the molecule is O=C(NC(Cc1ccc(C(F)(F)F)cc1)C(=O)O)c1ccc2ccccc2c1OCc1nc2ccccc2s1. The van der Waals surface area contributed by atoms with Crippen molar-refractivity contribution in [3.63, 3.8) is 0 Å². The Labute approximate surface area is 224 Å². The molecule has 39 heavy (non-hydrogen) atoms. The van der Waals surface area contributed by atoms with Crippen LogP contribution >= 0.6 is 11.3 Å². The molecule has 0 aliphatic rings. The summed E-state index contributed by atoms with van der Waals surface area (Å²) in [5, 5.41) is 14.4. The van der Waals surface area contributed by atoms with Gasteiger partial charge >= 0.3 is 12.1 Å². The third kappa shape index (κ3) is 5.85. The Balaban J connectivity index is 1.40. The number of rotatable bonds is 8. The van der Waals surface area contributed by atoms with Crippen LogP contribution in [0, 0.1) is 0 Å². The fraction of sp³-hybridized carbons (Fsp3) is 0.138. The maximum atomic E-state index is 13.3. The minimum absolute atomic E-state index is 0.0988. The number of hydrogen-bond donors (Lipinski definition) is 2. The van der Waals surface area contributed by atoms with Crippen molar-refractivity contribution >= 4 is 44.2 Å². The van der Waals surface area contributed by atoms with E-state index in [0.717, 1.165) is 27.7 Å². The number of halogens is 3. The Morgan fingerprint density at radius 2 is 1.67 bits per heavy atom. The van der Waals surface area contributed by atoms with E-state index in [0.29, 0.717) is 16.0 Å². The van der Waals surface area contributed by atoms with Crippen molar-refractivity contribution in [2.45, 2.75) is 25.2 Å². The maximum absolute atomic E-state index is 13.3. The second kappa shape index (κ2) is 10.7. The van der Waals surface area contributed by atoms with Crippen LogP contribution in [0.15, 0.2) is 84.9 Å². The molecule has 0 bridgehead atoms. The van der Waals surface area contributed by atoms with Gasteiger partial charge in [-0.2, -0.15) is 13.2 Å². The summed E-state index contributed by atoms with van der Waals surface area (Å²) in [7, 11) is 0. The number of nitrogens with one attached hydrogen (secondary N) is 1. The number of hydrogen-bond acceptors (Lipinski definition) is 5. The van der Waals surface area contributed by atoms with Crippen LogP contribution in [0.5, 0.6) is 5.75 Å². The molecule has 5 rings (SSSR count). The second-order valence-electron chi connectivity index (χ2n) is 8.79. The lowest BCUT2D eigenvalue weighted by Crippen LogP contribution is -2.42. The number of alkyl halides is 3. The molecule has 0 radical (unpaired) electrons. The van der Waals surface area contributed by atoms with Gasteiger partial charge in [-0.3, -0.25) is 4.79 Å². The van der Waals surface area contributed by atoms with Crippen LogP contribution < -0.4 is 10.1 Å². The third-order valence-electron chi connectivity index (χ3n) is 6.13. The number of benzene rings is 4. The zero-order chi connectivity index (χ0) is 27.6. The van der Waals surface area contributed by atoms with Gasteiger partial charge in [0.1, 0.15) is 23.4 Å². The molecule has 198 valence electrons. The van der Waals surface area contributed by atoms with E-state index in [4.69, 9.17) is 4.74 Å². The lowest BCUT2D eigenvalue weighted by molar-refractivity contribution is -0.139. The molecule has 1 heterocycles. The van der Waals surface area contributed by atoms with Crippen LogP contribution in [0.25, 0.3) is 21.0 Å². The third-order valence-corrected chi connectivity index (χ3v) is 7.14. The number of nitrogens with zero attached hydrogens (tertiary/aromatic N) is 1. The Morgan fingerprint density at radius 1 is 0.949 bits per heavy atom. The van der Waals surface area contributed by atoms with Gasteiger partial charge in [0.2, 0.25) is 0 Å². The molecule has 0 aliphatic heterocycles. The number of thiazole rings is 1. The zero-order valence-electron chi connectivity index (χ0n) is 20.2. The minimum atomic E-state index is -4.50. The van der Waals surface area contributed by atoms with Gasteiger partial charge in [0, 0.05) is 11.8 Å². The van der Waals surface area contributed by atoms with Gasteiger partial charge in [0.15, 0.2) is 0 Å². The van der Waals surface area contributed by atoms with Gasteiger partial charge in [-0.1, -0.05) is 54.6 Å². The molecule has 0 aliphatic carbocycles. The minimum Gasteiger partial charge on any atom is -0.485 e. The molecule has 6 nitrogen and oxygen atoms in total. The maximum Gasteiger partial charge on any atom is 0.416 e. The average Bonchev–Trinajstić information content (AvgIpc) is 3.34. The molecule has 1 atom stereocenters. The summed E-state index contributed by atoms with van der Waals surface area (Å²) in [6, 6.07) is 21.1. The quantitative estimate of drug-likeness (QED) is 0.231. The van der Waals surface area contributed by atoms with Crippen molar-refractivity contribution in [3.8, 4) is 5.75 Å². The number of aliphatic carboxylic acids is 1. The fourth-order valence-corrected chi connectivity index (χ4v) is 5.08. The molecule has 5 aromatic rings. The number of aromatic nitrogens is 1. The summed E-state index contributed by atoms with van der Waals surface area (Å²) in [5.41, 5.74) is 0.466. The number of fused-ring (bicyclic) bond motifs is 2. The van der Waals surface area contributed by atoms with E-state index in [1.807, 2.05) is 36.4 Å². The van der Waals surface area contributed by atoms with Crippen molar-refractivity contribution in [3.05, 3.63) is 107 Å².